The quantitative estimate of drug-likeness (QED) is 0.0569. The summed E-state index contributed by atoms with van der Waals surface area (Å²) in [4.78, 5) is 0. The second kappa shape index (κ2) is 33.4. The van der Waals surface area contributed by atoms with Crippen LogP contribution in [0.25, 0.3) is 0 Å². The standard InChI is InChI=1S/C32H68P.C3H9O4P/c1-5-9-13-17-18-19-20-21-22-23-24-28-32-33(29-25-14-10-6-2,30-26-15-11-7-3)31-27-16-12-8-4;1-5-8(4,6-2)7-3/h5-32H2,1-4H3;1-3H3/q+1;. The highest BCUT2D eigenvalue weighted by molar-refractivity contribution is 7.75. The number of rotatable bonds is 31. The lowest BCUT2D eigenvalue weighted by Gasteiger charge is -2.28. The Hall–Kier alpha value is 0.540. The van der Waals surface area contributed by atoms with Crippen molar-refractivity contribution in [1.82, 2.24) is 0 Å². The Kier molecular flexibility index (Phi) is 35.6. The lowest BCUT2D eigenvalue weighted by atomic mass is 10.1. The van der Waals surface area contributed by atoms with Crippen LogP contribution in [0.2, 0.25) is 0 Å². The Morgan fingerprint density at radius 3 is 0.756 bits per heavy atom. The monoisotopic (exact) mass is 624 g/mol. The molecule has 0 unspecified atom stereocenters. The average molecular weight is 624 g/mol. The third-order valence-electron chi connectivity index (χ3n) is 8.61. The molecule has 0 fully saturated rings. The summed E-state index contributed by atoms with van der Waals surface area (Å²) in [5, 5.41) is 0. The molecule has 0 aliphatic carbocycles. The molecule has 41 heavy (non-hydrogen) atoms. The molecule has 0 rings (SSSR count). The topological polar surface area (TPSA) is 44.8 Å². The van der Waals surface area contributed by atoms with Gasteiger partial charge in [0.25, 0.3) is 0 Å². The Labute approximate surface area is 260 Å². The lowest BCUT2D eigenvalue weighted by molar-refractivity contribution is 0.178. The summed E-state index contributed by atoms with van der Waals surface area (Å²) in [5.41, 5.74) is 0. The molecule has 250 valence electrons. The lowest BCUT2D eigenvalue weighted by Crippen LogP contribution is -2.13. The van der Waals surface area contributed by atoms with Gasteiger partial charge in [-0.1, -0.05) is 130 Å². The first-order chi connectivity index (χ1) is 19.9. The highest BCUT2D eigenvalue weighted by Gasteiger charge is 2.34. The maximum atomic E-state index is 10.7. The fourth-order valence-electron chi connectivity index (χ4n) is 5.80. The fraction of sp³-hybridized carbons (Fsp3) is 1.00. The highest BCUT2D eigenvalue weighted by Crippen LogP contribution is 2.61. The summed E-state index contributed by atoms with van der Waals surface area (Å²) in [6.45, 7) is 9.41. The van der Waals surface area contributed by atoms with E-state index in [0.29, 0.717) is 0 Å². The third-order valence-corrected chi connectivity index (χ3v) is 15.0. The summed E-state index contributed by atoms with van der Waals surface area (Å²) in [7, 11) is -0.0855. The highest BCUT2D eigenvalue weighted by atomic mass is 31.2. The van der Waals surface area contributed by atoms with Crippen molar-refractivity contribution in [3.05, 3.63) is 0 Å². The third kappa shape index (κ3) is 29.0. The van der Waals surface area contributed by atoms with Gasteiger partial charge >= 0.3 is 7.82 Å². The molecule has 0 aromatic carbocycles. The van der Waals surface area contributed by atoms with Crippen LogP contribution in [0.4, 0.5) is 0 Å². The van der Waals surface area contributed by atoms with Gasteiger partial charge in [0.1, 0.15) is 0 Å². The molecule has 0 aromatic heterocycles. The van der Waals surface area contributed by atoms with Crippen molar-refractivity contribution in [2.75, 3.05) is 46.0 Å². The maximum Gasteiger partial charge on any atom is 0.473 e. The molecule has 0 bridgehead atoms. The van der Waals surface area contributed by atoms with Crippen molar-refractivity contribution in [3.63, 3.8) is 0 Å². The van der Waals surface area contributed by atoms with E-state index in [9.17, 15) is 4.57 Å². The van der Waals surface area contributed by atoms with Gasteiger partial charge in [0.05, 0.1) is 24.6 Å². The van der Waals surface area contributed by atoms with Crippen molar-refractivity contribution >= 4 is 15.1 Å². The average Bonchev–Trinajstić information content (AvgIpc) is 3.00. The first-order valence-corrected chi connectivity index (χ1v) is 22.0. The molecule has 0 aliphatic heterocycles. The summed E-state index contributed by atoms with van der Waals surface area (Å²) < 4.78 is 23.7. The van der Waals surface area contributed by atoms with Crippen molar-refractivity contribution in [1.29, 1.82) is 0 Å². The van der Waals surface area contributed by atoms with Gasteiger partial charge in [-0.3, -0.25) is 13.6 Å². The molecule has 0 aromatic rings. The minimum absolute atomic E-state index is 0.697. The van der Waals surface area contributed by atoms with E-state index >= 15 is 0 Å². The Bertz CT molecular complexity index is 494. The Morgan fingerprint density at radius 2 is 0.561 bits per heavy atom. The van der Waals surface area contributed by atoms with Gasteiger partial charge in [-0.15, -0.1) is 0 Å². The van der Waals surface area contributed by atoms with Crippen LogP contribution < -0.4 is 0 Å². The van der Waals surface area contributed by atoms with Gasteiger partial charge in [-0.25, -0.2) is 4.57 Å². The van der Waals surface area contributed by atoms with E-state index in [1.807, 2.05) is 0 Å². The van der Waals surface area contributed by atoms with Crippen LogP contribution in [0, 0.1) is 0 Å². The smallest absolute Gasteiger partial charge is 0.290 e. The molecular weight excluding hydrogens is 546 g/mol. The van der Waals surface area contributed by atoms with E-state index in [1.54, 1.807) is 50.3 Å². The predicted octanol–water partition coefficient (Wildman–Crippen LogP) is 13.5. The predicted molar refractivity (Wildman–Crippen MR) is 189 cm³/mol. The first kappa shape index (κ1) is 43.7. The largest absolute Gasteiger partial charge is 0.473 e. The second-order valence-electron chi connectivity index (χ2n) is 12.3. The molecule has 0 amide bonds. The van der Waals surface area contributed by atoms with Crippen molar-refractivity contribution in [2.24, 2.45) is 0 Å². The van der Waals surface area contributed by atoms with Gasteiger partial charge < -0.3 is 0 Å². The van der Waals surface area contributed by atoms with Crippen LogP contribution in [0.3, 0.4) is 0 Å². The van der Waals surface area contributed by atoms with Crippen LogP contribution in [-0.2, 0) is 18.1 Å². The number of hydrogen-bond donors (Lipinski definition) is 0. The molecular formula is C35H77O4P2+. The SMILES string of the molecule is CCCCCCCCCCCCCC[P+](CCCCCC)(CCCCCC)CCCCCC.COP(=O)(OC)OC. The molecule has 0 N–H and O–H groups in total. The number of hydrogen-bond acceptors (Lipinski definition) is 4. The Morgan fingerprint density at radius 1 is 0.366 bits per heavy atom. The van der Waals surface area contributed by atoms with E-state index < -0.39 is 15.1 Å². The fourth-order valence-corrected chi connectivity index (χ4v) is 11.2. The number of unbranched alkanes of at least 4 members (excludes halogenated alkanes) is 20. The van der Waals surface area contributed by atoms with Gasteiger partial charge in [0.2, 0.25) is 0 Å². The molecule has 0 atom stereocenters. The van der Waals surface area contributed by atoms with Crippen molar-refractivity contribution in [2.45, 2.75) is 182 Å². The molecule has 0 heterocycles. The Balaban J connectivity index is 0. The molecule has 6 heteroatoms. The molecule has 0 saturated heterocycles. The van der Waals surface area contributed by atoms with E-state index in [2.05, 4.69) is 41.3 Å². The molecule has 0 spiro atoms. The van der Waals surface area contributed by atoms with Crippen LogP contribution in [0.15, 0.2) is 0 Å². The van der Waals surface area contributed by atoms with E-state index in [0.717, 1.165) is 0 Å². The van der Waals surface area contributed by atoms with Crippen molar-refractivity contribution in [3.8, 4) is 0 Å². The van der Waals surface area contributed by atoms with Crippen LogP contribution in [0.5, 0.6) is 0 Å². The summed E-state index contributed by atoms with van der Waals surface area (Å²) in [6.07, 6.45) is 42.1. The van der Waals surface area contributed by atoms with Gasteiger partial charge in [0, 0.05) is 28.6 Å². The van der Waals surface area contributed by atoms with Crippen LogP contribution in [-0.4, -0.2) is 46.0 Å². The van der Waals surface area contributed by atoms with Gasteiger partial charge in [-0.05, 0) is 51.4 Å². The molecule has 0 saturated carbocycles. The van der Waals surface area contributed by atoms with Crippen LogP contribution >= 0.6 is 15.1 Å². The van der Waals surface area contributed by atoms with Crippen LogP contribution in [0.1, 0.15) is 182 Å². The summed E-state index contributed by atoms with van der Waals surface area (Å²) in [5.74, 6) is 0. The number of phosphoric acid groups is 1. The van der Waals surface area contributed by atoms with E-state index in [-0.39, 0.29) is 0 Å². The second-order valence-corrected chi connectivity index (χ2v) is 18.8. The van der Waals surface area contributed by atoms with Gasteiger partial charge in [-0.2, -0.15) is 0 Å². The minimum Gasteiger partial charge on any atom is -0.290 e. The number of phosphoric ester groups is 1. The van der Waals surface area contributed by atoms with Gasteiger partial charge in [0.15, 0.2) is 0 Å². The molecule has 0 aliphatic rings. The molecule has 0 radical (unpaired) electrons. The maximum absolute atomic E-state index is 10.7. The zero-order valence-corrected chi connectivity index (χ0v) is 31.1. The zero-order chi connectivity index (χ0) is 30.9. The van der Waals surface area contributed by atoms with Crippen molar-refractivity contribution < 1.29 is 18.1 Å². The van der Waals surface area contributed by atoms with E-state index in [1.165, 1.54) is 150 Å². The summed E-state index contributed by atoms with van der Waals surface area (Å²) >= 11 is 0. The summed E-state index contributed by atoms with van der Waals surface area (Å²) in [6, 6.07) is 0. The first-order valence-electron chi connectivity index (χ1n) is 18.0. The minimum atomic E-state index is -3.16. The zero-order valence-electron chi connectivity index (χ0n) is 29.3. The normalized spacial score (nSPS) is 12.0. The van der Waals surface area contributed by atoms with E-state index in [4.69, 9.17) is 0 Å². The molecule has 4 nitrogen and oxygen atoms in total.